The average molecular weight is 276 g/mol. The fourth-order valence-electron chi connectivity index (χ4n) is 3.05. The molecule has 20 heavy (non-hydrogen) atoms. The lowest BCUT2D eigenvalue weighted by atomic mass is 9.86. The molecule has 0 amide bonds. The molecular formula is C17H28N2O. The Morgan fingerprint density at radius 3 is 2.70 bits per heavy atom. The van der Waals surface area contributed by atoms with E-state index in [2.05, 4.69) is 18.9 Å². The molecule has 0 bridgehead atoms. The molecule has 1 fully saturated rings. The first-order valence-electron chi connectivity index (χ1n) is 7.83. The zero-order valence-corrected chi connectivity index (χ0v) is 12.8. The Balaban J connectivity index is 1.64. The Kier molecular flexibility index (Phi) is 5.72. The molecule has 1 aliphatic rings. The molecule has 0 radical (unpaired) electrons. The number of anilines is 1. The highest BCUT2D eigenvalue weighted by molar-refractivity contribution is 5.41. The first kappa shape index (κ1) is 15.2. The van der Waals surface area contributed by atoms with E-state index in [0.717, 1.165) is 43.0 Å². The predicted octanol–water partition coefficient (Wildman–Crippen LogP) is 3.55. The summed E-state index contributed by atoms with van der Waals surface area (Å²) in [5, 5.41) is 0. The van der Waals surface area contributed by atoms with Gasteiger partial charge in [0.1, 0.15) is 5.75 Å². The summed E-state index contributed by atoms with van der Waals surface area (Å²) in [5.74, 6) is 1.80. The van der Waals surface area contributed by atoms with Crippen molar-refractivity contribution in [3.8, 4) is 5.75 Å². The van der Waals surface area contributed by atoms with E-state index < -0.39 is 0 Å². The SMILES string of the molecule is CC1CCCC(N(C)CCCOc2ccc(N)cc2)C1. The highest BCUT2D eigenvalue weighted by Crippen LogP contribution is 2.26. The van der Waals surface area contributed by atoms with E-state index in [9.17, 15) is 0 Å². The Morgan fingerprint density at radius 1 is 1.25 bits per heavy atom. The van der Waals surface area contributed by atoms with E-state index >= 15 is 0 Å². The van der Waals surface area contributed by atoms with E-state index in [4.69, 9.17) is 10.5 Å². The number of nitrogen functional groups attached to an aromatic ring is 1. The summed E-state index contributed by atoms with van der Waals surface area (Å²) in [6.45, 7) is 4.27. The summed E-state index contributed by atoms with van der Waals surface area (Å²) >= 11 is 0. The summed E-state index contributed by atoms with van der Waals surface area (Å²) in [7, 11) is 2.26. The minimum absolute atomic E-state index is 0.773. The van der Waals surface area contributed by atoms with Gasteiger partial charge in [0.15, 0.2) is 0 Å². The lowest BCUT2D eigenvalue weighted by Gasteiger charge is -2.34. The van der Waals surface area contributed by atoms with Crippen molar-refractivity contribution in [2.45, 2.75) is 45.1 Å². The van der Waals surface area contributed by atoms with E-state index in [1.54, 1.807) is 0 Å². The lowest BCUT2D eigenvalue weighted by molar-refractivity contribution is 0.154. The Bertz CT molecular complexity index is 390. The number of nitrogens with two attached hydrogens (primary N) is 1. The molecule has 2 atom stereocenters. The maximum atomic E-state index is 5.74. The van der Waals surface area contributed by atoms with Crippen LogP contribution in [0.1, 0.15) is 39.0 Å². The zero-order chi connectivity index (χ0) is 14.4. The van der Waals surface area contributed by atoms with Crippen molar-refractivity contribution >= 4 is 5.69 Å². The molecule has 0 saturated heterocycles. The molecule has 3 nitrogen and oxygen atoms in total. The molecule has 0 aromatic heterocycles. The monoisotopic (exact) mass is 276 g/mol. The molecular weight excluding hydrogens is 248 g/mol. The lowest BCUT2D eigenvalue weighted by Crippen LogP contribution is -2.36. The summed E-state index contributed by atoms with van der Waals surface area (Å²) < 4.78 is 5.74. The maximum absolute atomic E-state index is 5.74. The molecule has 1 saturated carbocycles. The number of hydrogen-bond donors (Lipinski definition) is 1. The van der Waals surface area contributed by atoms with Gasteiger partial charge in [0.25, 0.3) is 0 Å². The van der Waals surface area contributed by atoms with Crippen molar-refractivity contribution in [1.29, 1.82) is 0 Å². The van der Waals surface area contributed by atoms with Gasteiger partial charge in [0.2, 0.25) is 0 Å². The Hall–Kier alpha value is -1.22. The fraction of sp³-hybridized carbons (Fsp3) is 0.647. The van der Waals surface area contributed by atoms with Gasteiger partial charge in [-0.2, -0.15) is 0 Å². The molecule has 0 aliphatic heterocycles. The van der Waals surface area contributed by atoms with Crippen LogP contribution in [0.15, 0.2) is 24.3 Å². The molecule has 1 aromatic carbocycles. The van der Waals surface area contributed by atoms with Crippen molar-refractivity contribution in [3.05, 3.63) is 24.3 Å². The van der Waals surface area contributed by atoms with Crippen LogP contribution in [-0.2, 0) is 0 Å². The minimum atomic E-state index is 0.773. The van der Waals surface area contributed by atoms with Gasteiger partial charge in [-0.05, 0) is 56.5 Å². The van der Waals surface area contributed by atoms with Crippen molar-refractivity contribution in [3.63, 3.8) is 0 Å². The number of hydrogen-bond acceptors (Lipinski definition) is 3. The van der Waals surface area contributed by atoms with Gasteiger partial charge in [0.05, 0.1) is 6.61 Å². The first-order valence-corrected chi connectivity index (χ1v) is 7.83. The maximum Gasteiger partial charge on any atom is 0.119 e. The zero-order valence-electron chi connectivity index (χ0n) is 12.8. The molecule has 1 aromatic rings. The second-order valence-electron chi connectivity index (χ2n) is 6.18. The van der Waals surface area contributed by atoms with Crippen LogP contribution in [0.3, 0.4) is 0 Å². The summed E-state index contributed by atoms with van der Waals surface area (Å²) in [4.78, 5) is 2.52. The molecule has 0 heterocycles. The summed E-state index contributed by atoms with van der Waals surface area (Å²) in [6.07, 6.45) is 6.59. The molecule has 2 rings (SSSR count). The van der Waals surface area contributed by atoms with Crippen molar-refractivity contribution < 1.29 is 4.74 Å². The molecule has 0 spiro atoms. The van der Waals surface area contributed by atoms with Gasteiger partial charge in [-0.1, -0.05) is 19.8 Å². The molecule has 2 unspecified atom stereocenters. The number of benzene rings is 1. The Morgan fingerprint density at radius 2 is 2.00 bits per heavy atom. The molecule has 112 valence electrons. The summed E-state index contributed by atoms with van der Waals surface area (Å²) in [6, 6.07) is 8.40. The van der Waals surface area contributed by atoms with Crippen LogP contribution in [0.2, 0.25) is 0 Å². The largest absolute Gasteiger partial charge is 0.494 e. The highest BCUT2D eigenvalue weighted by atomic mass is 16.5. The van der Waals surface area contributed by atoms with E-state index in [1.165, 1.54) is 25.7 Å². The second-order valence-corrected chi connectivity index (χ2v) is 6.18. The third-order valence-electron chi connectivity index (χ3n) is 4.34. The van der Waals surface area contributed by atoms with E-state index in [-0.39, 0.29) is 0 Å². The van der Waals surface area contributed by atoms with Crippen molar-refractivity contribution in [2.75, 3.05) is 25.9 Å². The van der Waals surface area contributed by atoms with E-state index in [1.807, 2.05) is 24.3 Å². The normalized spacial score (nSPS) is 22.9. The van der Waals surface area contributed by atoms with Gasteiger partial charge in [-0.25, -0.2) is 0 Å². The minimum Gasteiger partial charge on any atom is -0.494 e. The third kappa shape index (κ3) is 4.71. The van der Waals surface area contributed by atoms with Gasteiger partial charge in [-0.15, -0.1) is 0 Å². The Labute approximate surface area is 123 Å². The second kappa shape index (κ2) is 7.53. The van der Waals surface area contributed by atoms with Crippen LogP contribution < -0.4 is 10.5 Å². The van der Waals surface area contributed by atoms with Crippen LogP contribution in [0.25, 0.3) is 0 Å². The van der Waals surface area contributed by atoms with Gasteiger partial charge in [0, 0.05) is 18.3 Å². The number of ether oxygens (including phenoxy) is 1. The van der Waals surface area contributed by atoms with E-state index in [0.29, 0.717) is 0 Å². The fourth-order valence-corrected chi connectivity index (χ4v) is 3.05. The molecule has 3 heteroatoms. The van der Waals surface area contributed by atoms with Gasteiger partial charge >= 0.3 is 0 Å². The quantitative estimate of drug-likeness (QED) is 0.638. The summed E-state index contributed by atoms with van der Waals surface area (Å²) in [5.41, 5.74) is 6.43. The van der Waals surface area contributed by atoms with Crippen LogP contribution in [0.5, 0.6) is 5.75 Å². The highest BCUT2D eigenvalue weighted by Gasteiger charge is 2.21. The van der Waals surface area contributed by atoms with Crippen LogP contribution in [0, 0.1) is 5.92 Å². The smallest absolute Gasteiger partial charge is 0.119 e. The van der Waals surface area contributed by atoms with Gasteiger partial charge in [-0.3, -0.25) is 0 Å². The first-order chi connectivity index (χ1) is 9.65. The van der Waals surface area contributed by atoms with Crippen molar-refractivity contribution in [1.82, 2.24) is 4.90 Å². The van der Waals surface area contributed by atoms with Crippen LogP contribution >= 0.6 is 0 Å². The molecule has 1 aliphatic carbocycles. The standard InChI is InChI=1S/C17H28N2O/c1-14-5-3-6-16(13-14)19(2)11-4-12-20-17-9-7-15(18)8-10-17/h7-10,14,16H,3-6,11-13,18H2,1-2H3. The topological polar surface area (TPSA) is 38.5 Å². The third-order valence-corrected chi connectivity index (χ3v) is 4.34. The van der Waals surface area contributed by atoms with Gasteiger partial charge < -0.3 is 15.4 Å². The average Bonchev–Trinajstić information content (AvgIpc) is 2.45. The van der Waals surface area contributed by atoms with Crippen LogP contribution in [0.4, 0.5) is 5.69 Å². The molecule has 2 N–H and O–H groups in total. The number of nitrogens with zero attached hydrogens (tertiary/aromatic N) is 1. The van der Waals surface area contributed by atoms with Crippen LogP contribution in [-0.4, -0.2) is 31.1 Å². The number of rotatable bonds is 6. The predicted molar refractivity (Wildman–Crippen MR) is 85.0 cm³/mol. The van der Waals surface area contributed by atoms with Crippen molar-refractivity contribution in [2.24, 2.45) is 5.92 Å².